The zero-order valence-corrected chi connectivity index (χ0v) is 6.42. The Balaban J connectivity index is 3.14. The number of rotatable bonds is 2. The molecule has 1 aromatic rings. The Morgan fingerprint density at radius 2 is 1.77 bits per heavy atom. The van der Waals surface area contributed by atoms with Gasteiger partial charge in [0.15, 0.2) is 0 Å². The Hall–Kier alpha value is -1.23. The maximum atomic E-state index is 12.9. The van der Waals surface area contributed by atoms with Gasteiger partial charge in [-0.1, -0.05) is 12.1 Å². The Labute approximate surface area is 72.2 Å². The lowest BCUT2D eigenvalue weighted by atomic mass is 10.1. The summed E-state index contributed by atoms with van der Waals surface area (Å²) in [7, 11) is 0. The molecule has 0 radical (unpaired) electrons. The van der Waals surface area contributed by atoms with Gasteiger partial charge in [0, 0.05) is 0 Å². The van der Waals surface area contributed by atoms with E-state index in [-0.39, 0.29) is 0 Å². The van der Waals surface area contributed by atoms with E-state index in [1.165, 1.54) is 12.1 Å². The molecule has 1 aromatic carbocycles. The van der Waals surface area contributed by atoms with Gasteiger partial charge in [-0.3, -0.25) is 0 Å². The number of benzene rings is 1. The summed E-state index contributed by atoms with van der Waals surface area (Å²) < 4.78 is 36.7. The monoisotopic (exact) mass is 192 g/mol. The van der Waals surface area contributed by atoms with Gasteiger partial charge >= 0.3 is 6.43 Å². The molecule has 2 nitrogen and oxygen atoms in total. The Bertz CT molecular complexity index is 299. The minimum atomic E-state index is -3.80. The van der Waals surface area contributed by atoms with Crippen LogP contribution in [0.15, 0.2) is 24.3 Å². The van der Waals surface area contributed by atoms with E-state index in [0.29, 0.717) is 0 Å². The van der Waals surface area contributed by atoms with Crippen LogP contribution in [0.2, 0.25) is 0 Å². The van der Waals surface area contributed by atoms with Gasteiger partial charge in [0.2, 0.25) is 0 Å². The lowest BCUT2D eigenvalue weighted by Crippen LogP contribution is -2.28. The molecule has 72 valence electrons. The lowest BCUT2D eigenvalue weighted by molar-refractivity contribution is -0.195. The number of phenolic OH excluding ortho intramolecular Hbond substituents is 1. The number of aliphatic hydroxyl groups is 1. The second-order valence-electron chi connectivity index (χ2n) is 2.49. The van der Waals surface area contributed by atoms with E-state index in [1.807, 2.05) is 0 Å². The van der Waals surface area contributed by atoms with Gasteiger partial charge < -0.3 is 10.2 Å². The predicted molar refractivity (Wildman–Crippen MR) is 39.1 cm³/mol. The zero-order chi connectivity index (χ0) is 10.1. The maximum absolute atomic E-state index is 12.9. The van der Waals surface area contributed by atoms with Gasteiger partial charge in [0.25, 0.3) is 5.85 Å². The summed E-state index contributed by atoms with van der Waals surface area (Å²) in [6, 6.07) is 4.48. The van der Waals surface area contributed by atoms with E-state index in [2.05, 4.69) is 0 Å². The summed E-state index contributed by atoms with van der Waals surface area (Å²) >= 11 is 0. The van der Waals surface area contributed by atoms with Gasteiger partial charge in [-0.15, -0.1) is 0 Å². The van der Waals surface area contributed by atoms with Crippen molar-refractivity contribution in [2.75, 3.05) is 0 Å². The molecule has 0 aliphatic rings. The van der Waals surface area contributed by atoms with Crippen LogP contribution in [-0.4, -0.2) is 16.6 Å². The van der Waals surface area contributed by atoms with Crippen molar-refractivity contribution in [2.24, 2.45) is 0 Å². The number of hydrogen-bond donors (Lipinski definition) is 2. The molecule has 0 aliphatic heterocycles. The minimum Gasteiger partial charge on any atom is -0.507 e. The number of para-hydroxylation sites is 1. The van der Waals surface area contributed by atoms with Crippen LogP contribution in [0.4, 0.5) is 13.2 Å². The van der Waals surface area contributed by atoms with Gasteiger partial charge in [0.1, 0.15) is 5.75 Å². The van der Waals surface area contributed by atoms with Crippen LogP contribution in [-0.2, 0) is 5.85 Å². The van der Waals surface area contributed by atoms with Crippen LogP contribution in [0.5, 0.6) is 5.75 Å². The summed E-state index contributed by atoms with van der Waals surface area (Å²) in [5, 5.41) is 17.6. The maximum Gasteiger partial charge on any atom is 0.300 e. The van der Waals surface area contributed by atoms with Crippen LogP contribution in [0.25, 0.3) is 0 Å². The predicted octanol–water partition coefficient (Wildman–Crippen LogP) is 1.77. The van der Waals surface area contributed by atoms with E-state index in [4.69, 9.17) is 10.2 Å². The van der Waals surface area contributed by atoms with E-state index >= 15 is 0 Å². The highest BCUT2D eigenvalue weighted by Gasteiger charge is 2.41. The van der Waals surface area contributed by atoms with E-state index in [9.17, 15) is 13.2 Å². The number of alkyl halides is 3. The average molecular weight is 192 g/mol. The van der Waals surface area contributed by atoms with Gasteiger partial charge in [-0.05, 0) is 12.1 Å². The van der Waals surface area contributed by atoms with Crippen molar-refractivity contribution >= 4 is 0 Å². The quantitative estimate of drug-likeness (QED) is 0.749. The van der Waals surface area contributed by atoms with Crippen LogP contribution in [0, 0.1) is 0 Å². The standard InChI is InChI=1S/C8H7F3O2/c9-7(10)8(11,13)5-3-1-2-4-6(5)12/h1-4,7,12-13H. The van der Waals surface area contributed by atoms with Crippen molar-refractivity contribution in [3.8, 4) is 5.75 Å². The van der Waals surface area contributed by atoms with Crippen LogP contribution >= 0.6 is 0 Å². The second-order valence-corrected chi connectivity index (χ2v) is 2.49. The summed E-state index contributed by atoms with van der Waals surface area (Å²) in [4.78, 5) is 0. The molecular weight excluding hydrogens is 185 g/mol. The molecule has 2 N–H and O–H groups in total. The third kappa shape index (κ3) is 1.75. The Morgan fingerprint density at radius 3 is 2.23 bits per heavy atom. The molecule has 0 aromatic heterocycles. The van der Waals surface area contributed by atoms with E-state index in [0.717, 1.165) is 12.1 Å². The number of aromatic hydroxyl groups is 1. The first kappa shape index (κ1) is 9.85. The second kappa shape index (κ2) is 3.26. The molecule has 1 rings (SSSR count). The van der Waals surface area contributed by atoms with E-state index in [1.54, 1.807) is 0 Å². The largest absolute Gasteiger partial charge is 0.507 e. The first-order chi connectivity index (χ1) is 5.96. The van der Waals surface area contributed by atoms with Crippen molar-refractivity contribution < 1.29 is 23.4 Å². The Kier molecular flexibility index (Phi) is 2.47. The molecule has 0 saturated heterocycles. The van der Waals surface area contributed by atoms with Crippen LogP contribution in [0.1, 0.15) is 5.56 Å². The molecule has 0 spiro atoms. The fourth-order valence-corrected chi connectivity index (χ4v) is 0.888. The van der Waals surface area contributed by atoms with E-state index < -0.39 is 23.6 Å². The van der Waals surface area contributed by atoms with Gasteiger partial charge in [-0.25, -0.2) is 13.2 Å². The number of halogens is 3. The third-order valence-electron chi connectivity index (χ3n) is 1.57. The highest BCUT2D eigenvalue weighted by atomic mass is 19.3. The molecule has 5 heteroatoms. The van der Waals surface area contributed by atoms with Gasteiger partial charge in [0.05, 0.1) is 5.56 Å². The molecule has 1 atom stereocenters. The molecule has 0 saturated carbocycles. The normalized spacial score (nSPS) is 15.8. The molecule has 1 unspecified atom stereocenters. The summed E-state index contributed by atoms with van der Waals surface area (Å²) in [6.07, 6.45) is -3.60. The first-order valence-corrected chi connectivity index (χ1v) is 3.44. The molecule has 0 amide bonds. The zero-order valence-electron chi connectivity index (χ0n) is 6.42. The van der Waals surface area contributed by atoms with Crippen molar-refractivity contribution in [1.82, 2.24) is 0 Å². The molecule has 0 heterocycles. The molecule has 13 heavy (non-hydrogen) atoms. The number of phenols is 1. The van der Waals surface area contributed by atoms with Crippen molar-refractivity contribution in [3.63, 3.8) is 0 Å². The van der Waals surface area contributed by atoms with Gasteiger partial charge in [-0.2, -0.15) is 0 Å². The SMILES string of the molecule is Oc1ccccc1C(O)(F)C(F)F. The fraction of sp³-hybridized carbons (Fsp3) is 0.250. The summed E-state index contributed by atoms with van der Waals surface area (Å²) in [5.41, 5.74) is -0.829. The third-order valence-corrected chi connectivity index (χ3v) is 1.57. The van der Waals surface area contributed by atoms with Crippen molar-refractivity contribution in [2.45, 2.75) is 12.3 Å². The lowest BCUT2D eigenvalue weighted by Gasteiger charge is -2.18. The highest BCUT2D eigenvalue weighted by molar-refractivity contribution is 5.35. The topological polar surface area (TPSA) is 40.5 Å². The Morgan fingerprint density at radius 1 is 1.23 bits per heavy atom. The molecule has 0 bridgehead atoms. The van der Waals surface area contributed by atoms with Crippen LogP contribution in [0.3, 0.4) is 0 Å². The summed E-state index contributed by atoms with van der Waals surface area (Å²) in [5.74, 6) is -4.50. The summed E-state index contributed by atoms with van der Waals surface area (Å²) in [6.45, 7) is 0. The fourth-order valence-electron chi connectivity index (χ4n) is 0.888. The van der Waals surface area contributed by atoms with Crippen LogP contribution < -0.4 is 0 Å². The highest BCUT2D eigenvalue weighted by Crippen LogP contribution is 2.35. The minimum absolute atomic E-state index is 0.701. The van der Waals surface area contributed by atoms with Crippen molar-refractivity contribution in [3.05, 3.63) is 29.8 Å². The van der Waals surface area contributed by atoms with Crippen molar-refractivity contribution in [1.29, 1.82) is 0 Å². The molecule has 0 fully saturated rings. The number of hydrogen-bond acceptors (Lipinski definition) is 2. The smallest absolute Gasteiger partial charge is 0.300 e. The molecular formula is C8H7F3O2. The first-order valence-electron chi connectivity index (χ1n) is 3.44. The average Bonchev–Trinajstić information content (AvgIpc) is 2.04. The molecule has 0 aliphatic carbocycles.